The monoisotopic (exact) mass is 608 g/mol. The first-order chi connectivity index (χ1) is 20.7. The van der Waals surface area contributed by atoms with Gasteiger partial charge in [0.1, 0.15) is 28.7 Å². The summed E-state index contributed by atoms with van der Waals surface area (Å²) in [6.45, 7) is 4.16. The van der Waals surface area contributed by atoms with Crippen LogP contribution in [0, 0.1) is 5.82 Å². The summed E-state index contributed by atoms with van der Waals surface area (Å²) in [7, 11) is 0. The Hall–Kier alpha value is -3.86. The van der Waals surface area contributed by atoms with Gasteiger partial charge in [0, 0.05) is 16.1 Å². The highest BCUT2D eigenvalue weighted by Gasteiger charge is 2.32. The second-order valence-corrected chi connectivity index (χ2v) is 11.5. The average Bonchev–Trinajstić information content (AvgIpc) is 3.32. The quantitative estimate of drug-likeness (QED) is 0.235. The van der Waals surface area contributed by atoms with Crippen LogP contribution in [-0.2, 0) is 13.1 Å². The number of aliphatic hydroxyl groups excluding tert-OH is 1. The highest BCUT2D eigenvalue weighted by Crippen LogP contribution is 2.45. The van der Waals surface area contributed by atoms with E-state index in [4.69, 9.17) is 21.3 Å². The van der Waals surface area contributed by atoms with Gasteiger partial charge in [-0.3, -0.25) is 4.90 Å². The van der Waals surface area contributed by atoms with E-state index in [0.29, 0.717) is 41.3 Å². The van der Waals surface area contributed by atoms with Crippen molar-refractivity contribution in [3.05, 3.63) is 93.4 Å². The van der Waals surface area contributed by atoms with Crippen LogP contribution in [0.1, 0.15) is 71.2 Å². The number of aromatic nitrogens is 3. The summed E-state index contributed by atoms with van der Waals surface area (Å²) in [5.74, 6) is -0.882. The molecule has 0 aliphatic carbocycles. The summed E-state index contributed by atoms with van der Waals surface area (Å²) in [6, 6.07) is 12.9. The van der Waals surface area contributed by atoms with Gasteiger partial charge in [-0.1, -0.05) is 42.8 Å². The van der Waals surface area contributed by atoms with Gasteiger partial charge in [-0.15, -0.1) is 0 Å². The van der Waals surface area contributed by atoms with Gasteiger partial charge < -0.3 is 19.5 Å². The highest BCUT2D eigenvalue weighted by atomic mass is 35.5. The second-order valence-electron chi connectivity index (χ2n) is 11.1. The van der Waals surface area contributed by atoms with Crippen LogP contribution in [0.4, 0.5) is 8.78 Å². The number of piperidine rings is 1. The van der Waals surface area contributed by atoms with E-state index in [0.717, 1.165) is 37.6 Å². The number of rotatable bonds is 8. The standard InChI is InChI=1S/C32H31ClF2N4O4/c1-2-21(40)16-39-28(36-26-8-9-27(32(41)42)37-31(26)39)17-38-12-10-18(11-13-38)22-5-3-4-19-14-25(35)30(43-29(19)22)23-7-6-20(33)15-24(23)34/h3-9,14-15,18,21,30,40H,2,10-13,16-17H2,1H3,(H,41,42)/t21-,30?/m0/s1. The number of fused-ring (bicyclic) bond motifs is 2. The van der Waals surface area contributed by atoms with Crippen molar-refractivity contribution in [2.24, 2.45) is 0 Å². The molecule has 8 nitrogen and oxygen atoms in total. The second kappa shape index (κ2) is 12.0. The molecule has 1 unspecified atom stereocenters. The molecular formula is C32H31ClF2N4O4. The summed E-state index contributed by atoms with van der Waals surface area (Å²) in [5, 5.41) is 20.1. The van der Waals surface area contributed by atoms with Crippen LogP contribution < -0.4 is 4.74 Å². The molecule has 2 N–H and O–H groups in total. The molecule has 0 saturated carbocycles. The fraction of sp³-hybridized carbons (Fsp3) is 0.344. The van der Waals surface area contributed by atoms with Gasteiger partial charge in [-0.05, 0) is 74.2 Å². The topological polar surface area (TPSA) is 101 Å². The molecule has 43 heavy (non-hydrogen) atoms. The Bertz CT molecular complexity index is 1720. The molecular weight excluding hydrogens is 578 g/mol. The Kier molecular flexibility index (Phi) is 8.17. The van der Waals surface area contributed by atoms with Crippen molar-refractivity contribution in [3.63, 3.8) is 0 Å². The molecule has 2 aromatic heterocycles. The smallest absolute Gasteiger partial charge is 0.354 e. The van der Waals surface area contributed by atoms with Gasteiger partial charge in [0.15, 0.2) is 17.4 Å². The Labute approximate surface area is 252 Å². The molecule has 0 bridgehead atoms. The third-order valence-corrected chi connectivity index (χ3v) is 8.48. The lowest BCUT2D eigenvalue weighted by Crippen LogP contribution is -2.34. The molecule has 0 amide bonds. The lowest BCUT2D eigenvalue weighted by Gasteiger charge is -2.34. The van der Waals surface area contributed by atoms with Crippen molar-refractivity contribution < 1.29 is 28.5 Å². The molecule has 1 fully saturated rings. The van der Waals surface area contributed by atoms with E-state index in [1.807, 2.05) is 23.6 Å². The summed E-state index contributed by atoms with van der Waals surface area (Å²) in [6.07, 6.45) is 1.77. The lowest BCUT2D eigenvalue weighted by molar-refractivity contribution is 0.0691. The minimum atomic E-state index is -1.19. The van der Waals surface area contributed by atoms with E-state index in [1.54, 1.807) is 12.1 Å². The number of ether oxygens (including phenoxy) is 1. The number of carboxylic acid groups (broad SMARTS) is 1. The Morgan fingerprint density at radius 3 is 2.63 bits per heavy atom. The maximum absolute atomic E-state index is 15.1. The first-order valence-corrected chi connectivity index (χ1v) is 14.7. The average molecular weight is 609 g/mol. The summed E-state index contributed by atoms with van der Waals surface area (Å²) >= 11 is 5.90. The van der Waals surface area contributed by atoms with Gasteiger partial charge in [0.05, 0.1) is 19.2 Å². The zero-order chi connectivity index (χ0) is 30.2. The SMILES string of the molecule is CC[C@H](O)Cn1c(CN2CCC(c3cccc4c3OC(c3ccc(Cl)cc3F)C(F)=C4)CC2)nc2ccc(C(=O)O)nc21. The van der Waals surface area contributed by atoms with E-state index >= 15 is 4.39 Å². The number of carbonyl (C=O) groups is 1. The third kappa shape index (κ3) is 5.87. The fourth-order valence-electron chi connectivity index (χ4n) is 5.89. The number of likely N-dealkylation sites (tertiary alicyclic amines) is 1. The van der Waals surface area contributed by atoms with Gasteiger partial charge in [-0.2, -0.15) is 0 Å². The normalized spacial score (nSPS) is 18.3. The zero-order valence-corrected chi connectivity index (χ0v) is 24.3. The maximum atomic E-state index is 15.1. The maximum Gasteiger partial charge on any atom is 0.354 e. The molecule has 224 valence electrons. The summed E-state index contributed by atoms with van der Waals surface area (Å²) in [4.78, 5) is 22.8. The van der Waals surface area contributed by atoms with Crippen LogP contribution in [0.25, 0.3) is 17.2 Å². The van der Waals surface area contributed by atoms with Crippen molar-refractivity contribution in [3.8, 4) is 5.75 Å². The number of hydrogen-bond acceptors (Lipinski definition) is 6. The van der Waals surface area contributed by atoms with Crippen LogP contribution in [0.5, 0.6) is 5.75 Å². The lowest BCUT2D eigenvalue weighted by atomic mass is 9.87. The number of imidazole rings is 1. The molecule has 0 radical (unpaired) electrons. The predicted octanol–water partition coefficient (Wildman–Crippen LogP) is 6.52. The van der Waals surface area contributed by atoms with E-state index < -0.39 is 29.8 Å². The van der Waals surface area contributed by atoms with Crippen molar-refractivity contribution in [1.82, 2.24) is 19.4 Å². The molecule has 1 saturated heterocycles. The van der Waals surface area contributed by atoms with Gasteiger partial charge in [-0.25, -0.2) is 23.5 Å². The minimum absolute atomic E-state index is 0.0730. The Morgan fingerprint density at radius 2 is 1.91 bits per heavy atom. The van der Waals surface area contributed by atoms with E-state index in [1.165, 1.54) is 24.3 Å². The number of para-hydroxylation sites is 1. The molecule has 2 aromatic carbocycles. The minimum Gasteiger partial charge on any atom is -0.478 e. The zero-order valence-electron chi connectivity index (χ0n) is 23.5. The molecule has 2 atom stereocenters. The van der Waals surface area contributed by atoms with Crippen LogP contribution >= 0.6 is 11.6 Å². The number of hydrogen-bond donors (Lipinski definition) is 2. The molecule has 6 rings (SSSR count). The van der Waals surface area contributed by atoms with E-state index in [2.05, 4.69) is 9.88 Å². The third-order valence-electron chi connectivity index (χ3n) is 8.25. The number of carboxylic acids is 1. The number of aliphatic hydroxyl groups is 1. The Balaban J connectivity index is 1.21. The number of pyridine rings is 1. The summed E-state index contributed by atoms with van der Waals surface area (Å²) < 4.78 is 37.7. The van der Waals surface area contributed by atoms with Crippen molar-refractivity contribution in [1.29, 1.82) is 0 Å². The van der Waals surface area contributed by atoms with Crippen molar-refractivity contribution in [2.75, 3.05) is 13.1 Å². The van der Waals surface area contributed by atoms with Crippen LogP contribution in [0.2, 0.25) is 5.02 Å². The number of nitrogens with zero attached hydrogens (tertiary/aromatic N) is 4. The van der Waals surface area contributed by atoms with Crippen LogP contribution in [0.3, 0.4) is 0 Å². The summed E-state index contributed by atoms with van der Waals surface area (Å²) in [5.41, 5.74) is 2.63. The first kappa shape index (κ1) is 29.2. The molecule has 2 aliphatic heterocycles. The van der Waals surface area contributed by atoms with Gasteiger partial charge in [0.25, 0.3) is 0 Å². The van der Waals surface area contributed by atoms with Crippen LogP contribution in [-0.4, -0.2) is 54.8 Å². The van der Waals surface area contributed by atoms with E-state index in [9.17, 15) is 19.4 Å². The number of aromatic carboxylic acids is 1. The predicted molar refractivity (Wildman–Crippen MR) is 158 cm³/mol. The van der Waals surface area contributed by atoms with Crippen LogP contribution in [0.15, 0.2) is 54.4 Å². The van der Waals surface area contributed by atoms with E-state index in [-0.39, 0.29) is 28.7 Å². The van der Waals surface area contributed by atoms with Crippen molar-refractivity contribution >= 4 is 34.8 Å². The molecule has 2 aliphatic rings. The molecule has 4 heterocycles. The van der Waals surface area contributed by atoms with Gasteiger partial charge >= 0.3 is 5.97 Å². The first-order valence-electron chi connectivity index (χ1n) is 14.3. The molecule has 11 heteroatoms. The molecule has 4 aromatic rings. The fourth-order valence-corrected chi connectivity index (χ4v) is 6.05. The van der Waals surface area contributed by atoms with Gasteiger partial charge in [0.2, 0.25) is 0 Å². The number of benzene rings is 2. The molecule has 0 spiro atoms. The largest absolute Gasteiger partial charge is 0.478 e. The highest BCUT2D eigenvalue weighted by molar-refractivity contribution is 6.30. The number of halogens is 3. The Morgan fingerprint density at radius 1 is 1.12 bits per heavy atom. The van der Waals surface area contributed by atoms with Crippen molar-refractivity contribution in [2.45, 2.75) is 57.4 Å².